The van der Waals surface area contributed by atoms with Crippen molar-refractivity contribution in [3.63, 3.8) is 0 Å². The summed E-state index contributed by atoms with van der Waals surface area (Å²) in [4.78, 5) is 20.6. The molecule has 0 N–H and O–H groups in total. The molecule has 0 spiro atoms. The van der Waals surface area contributed by atoms with E-state index in [1.165, 1.54) is 0 Å². The highest BCUT2D eigenvalue weighted by Gasteiger charge is 2.21. The summed E-state index contributed by atoms with van der Waals surface area (Å²) in [6.45, 7) is 0. The molecule has 0 bridgehead atoms. The Bertz CT molecular complexity index is 3120. The molecular formula is C46H28N6O. The van der Waals surface area contributed by atoms with Crippen molar-refractivity contribution in [2.24, 2.45) is 0 Å². The van der Waals surface area contributed by atoms with Crippen LogP contribution in [0.15, 0.2) is 174 Å². The number of furan rings is 1. The van der Waals surface area contributed by atoms with Gasteiger partial charge in [0, 0.05) is 43.9 Å². The number of hydrogen-bond acceptors (Lipinski definition) is 5. The third-order valence-corrected chi connectivity index (χ3v) is 10.0. The molecule has 0 radical (unpaired) electrons. The normalized spacial score (nSPS) is 11.8. The largest absolute Gasteiger partial charge is 0.456 e. The lowest BCUT2D eigenvalue weighted by Crippen LogP contribution is -2.06. The van der Waals surface area contributed by atoms with E-state index in [0.29, 0.717) is 17.6 Å². The van der Waals surface area contributed by atoms with Crippen LogP contribution in [0.25, 0.3) is 101 Å². The van der Waals surface area contributed by atoms with Crippen LogP contribution in [0.3, 0.4) is 0 Å². The fraction of sp³-hybridized carbons (Fsp3) is 0. The first-order chi connectivity index (χ1) is 26.3. The highest BCUT2D eigenvalue weighted by Crippen LogP contribution is 2.39. The van der Waals surface area contributed by atoms with E-state index in [9.17, 15) is 0 Å². The van der Waals surface area contributed by atoms with Gasteiger partial charge < -0.3 is 4.42 Å². The maximum Gasteiger partial charge on any atom is 0.238 e. The van der Waals surface area contributed by atoms with Gasteiger partial charge in [0.1, 0.15) is 17.0 Å². The van der Waals surface area contributed by atoms with Crippen molar-refractivity contribution in [1.29, 1.82) is 0 Å². The van der Waals surface area contributed by atoms with Gasteiger partial charge in [0.05, 0.1) is 22.1 Å². The summed E-state index contributed by atoms with van der Waals surface area (Å²) in [6, 6.07) is 57.9. The molecule has 0 saturated carbocycles. The second-order valence-corrected chi connectivity index (χ2v) is 13.1. The van der Waals surface area contributed by atoms with E-state index in [4.69, 9.17) is 24.4 Å². The van der Waals surface area contributed by atoms with Gasteiger partial charge in [-0.3, -0.25) is 9.13 Å². The Kier molecular flexibility index (Phi) is 6.42. The zero-order valence-corrected chi connectivity index (χ0v) is 28.3. The third kappa shape index (κ3) is 4.61. The molecule has 0 unspecified atom stereocenters. The van der Waals surface area contributed by atoms with Crippen LogP contribution >= 0.6 is 0 Å². The molecule has 53 heavy (non-hydrogen) atoms. The SMILES string of the molecule is c1ccc(-c2nc(-c3cccc4oc5cc(-c6nc7ccccc7n6-c6ccccc6)ccc5c34)nc(-n3c4ccccc4c4ccccc43)n2)cc1. The number of rotatable bonds is 5. The molecule has 7 heteroatoms. The fourth-order valence-electron chi connectivity index (χ4n) is 7.65. The zero-order valence-electron chi connectivity index (χ0n) is 28.3. The first-order valence-corrected chi connectivity index (χ1v) is 17.6. The fourth-order valence-corrected chi connectivity index (χ4v) is 7.65. The van der Waals surface area contributed by atoms with E-state index in [1.807, 2.05) is 60.7 Å². The minimum Gasteiger partial charge on any atom is -0.456 e. The van der Waals surface area contributed by atoms with Crippen molar-refractivity contribution < 1.29 is 4.42 Å². The van der Waals surface area contributed by atoms with Crippen LogP contribution in [-0.4, -0.2) is 29.1 Å². The quantitative estimate of drug-likeness (QED) is 0.181. The molecule has 7 aromatic carbocycles. The lowest BCUT2D eigenvalue weighted by Gasteiger charge is -2.11. The molecule has 0 aliphatic carbocycles. The second kappa shape index (κ2) is 11.6. The predicted molar refractivity (Wildman–Crippen MR) is 212 cm³/mol. The van der Waals surface area contributed by atoms with Crippen LogP contribution in [0.1, 0.15) is 0 Å². The minimum absolute atomic E-state index is 0.554. The van der Waals surface area contributed by atoms with Crippen LogP contribution < -0.4 is 0 Å². The van der Waals surface area contributed by atoms with Crippen molar-refractivity contribution in [3.05, 3.63) is 170 Å². The Morgan fingerprint density at radius 3 is 1.85 bits per heavy atom. The topological polar surface area (TPSA) is 74.6 Å². The Morgan fingerprint density at radius 2 is 1.08 bits per heavy atom. The van der Waals surface area contributed by atoms with Crippen LogP contribution in [0.4, 0.5) is 0 Å². The molecule has 0 fully saturated rings. The first kappa shape index (κ1) is 29.4. The lowest BCUT2D eigenvalue weighted by atomic mass is 10.0. The molecule has 7 nitrogen and oxygen atoms in total. The third-order valence-electron chi connectivity index (χ3n) is 10.0. The maximum atomic E-state index is 6.62. The monoisotopic (exact) mass is 680 g/mol. The van der Waals surface area contributed by atoms with Gasteiger partial charge in [0.15, 0.2) is 11.6 Å². The summed E-state index contributed by atoms with van der Waals surface area (Å²) >= 11 is 0. The highest BCUT2D eigenvalue weighted by atomic mass is 16.3. The Balaban J connectivity index is 1.13. The Labute approximate surface area is 303 Å². The molecule has 0 aliphatic rings. The van der Waals surface area contributed by atoms with Gasteiger partial charge in [-0.2, -0.15) is 9.97 Å². The predicted octanol–water partition coefficient (Wildman–Crippen LogP) is 11.2. The summed E-state index contributed by atoms with van der Waals surface area (Å²) in [5, 5.41) is 4.21. The number of aromatic nitrogens is 6. The van der Waals surface area contributed by atoms with Crippen molar-refractivity contribution in [3.8, 4) is 45.8 Å². The molecule has 4 aromatic heterocycles. The van der Waals surface area contributed by atoms with Gasteiger partial charge in [-0.1, -0.05) is 115 Å². The first-order valence-electron chi connectivity index (χ1n) is 17.6. The molecule has 0 amide bonds. The van der Waals surface area contributed by atoms with Crippen LogP contribution in [0, 0.1) is 0 Å². The van der Waals surface area contributed by atoms with Gasteiger partial charge in [-0.25, -0.2) is 9.97 Å². The number of para-hydroxylation sites is 5. The van der Waals surface area contributed by atoms with E-state index in [1.54, 1.807) is 0 Å². The van der Waals surface area contributed by atoms with E-state index in [-0.39, 0.29) is 0 Å². The summed E-state index contributed by atoms with van der Waals surface area (Å²) in [5.74, 6) is 2.57. The van der Waals surface area contributed by atoms with Gasteiger partial charge in [-0.05, 0) is 54.6 Å². The second-order valence-electron chi connectivity index (χ2n) is 13.1. The smallest absolute Gasteiger partial charge is 0.238 e. The Hall–Kier alpha value is -7.38. The molecule has 0 atom stereocenters. The lowest BCUT2D eigenvalue weighted by molar-refractivity contribution is 0.669. The van der Waals surface area contributed by atoms with Crippen LogP contribution in [0.2, 0.25) is 0 Å². The molecule has 0 saturated heterocycles. The standard InChI is InChI=1S/C46H28N6O/c1-3-14-29(15-4-1)43-48-44(50-46(49-43)52-37-22-10-7-18-32(37)33-19-8-11-23-38(33)52)35-20-13-25-40-42(35)34-27-26-30(28-41(34)53-40)45-47-36-21-9-12-24-39(36)51(45)31-16-5-2-6-17-31/h1-28H. The number of nitrogens with zero attached hydrogens (tertiary/aromatic N) is 6. The van der Waals surface area contributed by atoms with Gasteiger partial charge in [0.25, 0.3) is 0 Å². The molecule has 0 aliphatic heterocycles. The van der Waals surface area contributed by atoms with Crippen molar-refractivity contribution in [1.82, 2.24) is 29.1 Å². The van der Waals surface area contributed by atoms with Crippen molar-refractivity contribution in [2.45, 2.75) is 0 Å². The summed E-state index contributed by atoms with van der Waals surface area (Å²) < 4.78 is 11.0. The van der Waals surface area contributed by atoms with E-state index >= 15 is 0 Å². The van der Waals surface area contributed by atoms with Gasteiger partial charge in [-0.15, -0.1) is 0 Å². The zero-order chi connectivity index (χ0) is 34.9. The van der Waals surface area contributed by atoms with Crippen molar-refractivity contribution in [2.75, 3.05) is 0 Å². The number of hydrogen-bond donors (Lipinski definition) is 0. The average Bonchev–Trinajstić information content (AvgIpc) is 3.91. The van der Waals surface area contributed by atoms with Crippen LogP contribution in [-0.2, 0) is 0 Å². The molecular weight excluding hydrogens is 653 g/mol. The molecule has 11 aromatic rings. The van der Waals surface area contributed by atoms with Gasteiger partial charge in [0.2, 0.25) is 5.95 Å². The van der Waals surface area contributed by atoms with Crippen molar-refractivity contribution >= 4 is 54.8 Å². The van der Waals surface area contributed by atoms with Gasteiger partial charge >= 0.3 is 0 Å². The summed E-state index contributed by atoms with van der Waals surface area (Å²) in [6.07, 6.45) is 0. The Morgan fingerprint density at radius 1 is 0.415 bits per heavy atom. The molecule has 248 valence electrons. The summed E-state index contributed by atoms with van der Waals surface area (Å²) in [7, 11) is 0. The molecule has 11 rings (SSSR count). The highest BCUT2D eigenvalue weighted by molar-refractivity contribution is 6.13. The molecule has 4 heterocycles. The number of imidazole rings is 1. The summed E-state index contributed by atoms with van der Waals surface area (Å²) in [5.41, 5.74) is 9.34. The number of fused-ring (bicyclic) bond motifs is 7. The maximum absolute atomic E-state index is 6.62. The van der Waals surface area contributed by atoms with Crippen LogP contribution in [0.5, 0.6) is 0 Å². The number of benzene rings is 7. The average molecular weight is 681 g/mol. The minimum atomic E-state index is 0.554. The van der Waals surface area contributed by atoms with E-state index in [0.717, 1.165) is 83.0 Å². The van der Waals surface area contributed by atoms with E-state index < -0.39 is 0 Å². The van der Waals surface area contributed by atoms with E-state index in [2.05, 4.69) is 118 Å².